The summed E-state index contributed by atoms with van der Waals surface area (Å²) < 4.78 is 11.1. The molecule has 2 aliphatic heterocycles. The van der Waals surface area contributed by atoms with Crippen molar-refractivity contribution in [2.24, 2.45) is 5.92 Å². The van der Waals surface area contributed by atoms with Crippen molar-refractivity contribution < 1.29 is 9.47 Å². The van der Waals surface area contributed by atoms with E-state index in [2.05, 4.69) is 30.2 Å². The maximum atomic E-state index is 5.61. The molecule has 4 heterocycles. The number of aromatic amines is 1. The van der Waals surface area contributed by atoms with E-state index < -0.39 is 0 Å². The minimum absolute atomic E-state index is 0.425. The van der Waals surface area contributed by atoms with E-state index in [0.29, 0.717) is 17.6 Å². The minimum Gasteiger partial charge on any atom is -0.381 e. The van der Waals surface area contributed by atoms with Gasteiger partial charge in [0.1, 0.15) is 11.8 Å². The Bertz CT molecular complexity index is 636. The van der Waals surface area contributed by atoms with Crippen molar-refractivity contribution in [2.45, 2.75) is 12.5 Å². The Hall–Kier alpha value is -1.77. The molecule has 0 unspecified atom stereocenters. The summed E-state index contributed by atoms with van der Waals surface area (Å²) in [5, 5.41) is 3.49. The molecule has 0 radical (unpaired) electrons. The molecule has 2 saturated heterocycles. The highest BCUT2D eigenvalue weighted by molar-refractivity contribution is 5.81. The molecule has 8 nitrogen and oxygen atoms in total. The molecule has 2 aromatic heterocycles. The van der Waals surface area contributed by atoms with Gasteiger partial charge in [-0.05, 0) is 6.42 Å². The van der Waals surface area contributed by atoms with E-state index in [0.717, 1.165) is 63.8 Å². The fourth-order valence-corrected chi connectivity index (χ4v) is 3.46. The number of hydrogen-bond donors (Lipinski definition) is 2. The van der Waals surface area contributed by atoms with Crippen LogP contribution in [0.1, 0.15) is 6.42 Å². The maximum Gasteiger partial charge on any atom is 0.182 e. The standard InChI is InChI=1S/C15H22N6O2/c1-4-23-8-11(1)12(21-2-5-22-6-3-21)7-16-14-13-15(18-9-17-13)20-10-19-14/h9-12H,1-8H2,(H2,16,17,18,19,20)/t11-,12+/m0/s1. The average Bonchev–Trinajstić information content (AvgIpc) is 3.28. The number of morpholine rings is 1. The minimum atomic E-state index is 0.425. The van der Waals surface area contributed by atoms with Gasteiger partial charge in [-0.15, -0.1) is 0 Å². The summed E-state index contributed by atoms with van der Waals surface area (Å²) >= 11 is 0. The highest BCUT2D eigenvalue weighted by Crippen LogP contribution is 2.23. The van der Waals surface area contributed by atoms with Crippen LogP contribution in [0.2, 0.25) is 0 Å². The lowest BCUT2D eigenvalue weighted by atomic mass is 9.97. The van der Waals surface area contributed by atoms with Gasteiger partial charge in [0.2, 0.25) is 0 Å². The van der Waals surface area contributed by atoms with Gasteiger partial charge < -0.3 is 19.8 Å². The molecule has 4 rings (SSSR count). The number of hydrogen-bond acceptors (Lipinski definition) is 7. The van der Waals surface area contributed by atoms with Crippen molar-refractivity contribution in [1.29, 1.82) is 0 Å². The number of nitrogens with one attached hydrogen (secondary N) is 2. The van der Waals surface area contributed by atoms with Gasteiger partial charge in [0, 0.05) is 38.2 Å². The Balaban J connectivity index is 1.49. The van der Waals surface area contributed by atoms with E-state index in [-0.39, 0.29) is 0 Å². The largest absolute Gasteiger partial charge is 0.381 e. The molecule has 0 amide bonds. The number of fused-ring (bicyclic) bond motifs is 1. The lowest BCUT2D eigenvalue weighted by Gasteiger charge is -2.37. The molecule has 2 aliphatic rings. The zero-order valence-electron chi connectivity index (χ0n) is 13.1. The van der Waals surface area contributed by atoms with Crippen molar-refractivity contribution in [3.05, 3.63) is 12.7 Å². The first kappa shape index (κ1) is 14.8. The quantitative estimate of drug-likeness (QED) is 0.830. The zero-order chi connectivity index (χ0) is 15.5. The molecular weight excluding hydrogens is 296 g/mol. The topological polar surface area (TPSA) is 88.2 Å². The summed E-state index contributed by atoms with van der Waals surface area (Å²) in [4.78, 5) is 18.3. The van der Waals surface area contributed by atoms with Gasteiger partial charge >= 0.3 is 0 Å². The van der Waals surface area contributed by atoms with Crippen LogP contribution in [0.5, 0.6) is 0 Å². The van der Waals surface area contributed by atoms with Gasteiger partial charge in [-0.3, -0.25) is 4.90 Å². The Kier molecular flexibility index (Phi) is 4.36. The fraction of sp³-hybridized carbons (Fsp3) is 0.667. The predicted octanol–water partition coefficient (Wildman–Crippen LogP) is 0.502. The number of ether oxygens (including phenoxy) is 2. The SMILES string of the molecule is c1nc(NC[C@H]([C@H]2CCOC2)N2CCOCC2)c2[nH]cnc2n1. The third-order valence-electron chi connectivity index (χ3n) is 4.73. The van der Waals surface area contributed by atoms with E-state index in [4.69, 9.17) is 9.47 Å². The molecule has 2 aromatic rings. The lowest BCUT2D eigenvalue weighted by molar-refractivity contribution is 0.00460. The molecule has 23 heavy (non-hydrogen) atoms. The summed E-state index contributed by atoms with van der Waals surface area (Å²) in [6.07, 6.45) is 4.32. The van der Waals surface area contributed by atoms with Crippen LogP contribution < -0.4 is 5.32 Å². The summed E-state index contributed by atoms with van der Waals surface area (Å²) in [5.74, 6) is 1.37. The molecule has 8 heteroatoms. The monoisotopic (exact) mass is 318 g/mol. The molecule has 2 fully saturated rings. The van der Waals surface area contributed by atoms with Crippen molar-refractivity contribution in [3.8, 4) is 0 Å². The molecular formula is C15H22N6O2. The Labute approximate surface area is 134 Å². The van der Waals surface area contributed by atoms with Crippen LogP contribution in [-0.4, -0.2) is 76.9 Å². The third-order valence-corrected chi connectivity index (χ3v) is 4.73. The van der Waals surface area contributed by atoms with Gasteiger partial charge in [0.25, 0.3) is 0 Å². The summed E-state index contributed by atoms with van der Waals surface area (Å²) in [5.41, 5.74) is 1.55. The second-order valence-corrected chi connectivity index (χ2v) is 6.04. The van der Waals surface area contributed by atoms with E-state index in [1.54, 1.807) is 12.7 Å². The maximum absolute atomic E-state index is 5.61. The number of H-pyrrole nitrogens is 1. The second-order valence-electron chi connectivity index (χ2n) is 6.04. The van der Waals surface area contributed by atoms with Crippen LogP contribution in [0.3, 0.4) is 0 Å². The van der Waals surface area contributed by atoms with Gasteiger partial charge in [0.05, 0.1) is 26.1 Å². The Morgan fingerprint density at radius 1 is 1.22 bits per heavy atom. The predicted molar refractivity (Wildman–Crippen MR) is 85.3 cm³/mol. The number of nitrogens with zero attached hydrogens (tertiary/aromatic N) is 4. The third kappa shape index (κ3) is 3.15. The van der Waals surface area contributed by atoms with E-state index in [1.165, 1.54) is 0 Å². The first-order chi connectivity index (χ1) is 11.4. The molecule has 0 aromatic carbocycles. The van der Waals surface area contributed by atoms with Crippen molar-refractivity contribution in [3.63, 3.8) is 0 Å². The summed E-state index contributed by atoms with van der Waals surface area (Å²) in [6, 6.07) is 0.425. The van der Waals surface area contributed by atoms with Gasteiger partial charge in [-0.2, -0.15) is 0 Å². The number of aromatic nitrogens is 4. The average molecular weight is 318 g/mol. The number of anilines is 1. The van der Waals surface area contributed by atoms with E-state index >= 15 is 0 Å². The van der Waals surface area contributed by atoms with Gasteiger partial charge in [-0.25, -0.2) is 15.0 Å². The molecule has 0 aliphatic carbocycles. The van der Waals surface area contributed by atoms with Crippen LogP contribution in [0.25, 0.3) is 11.2 Å². The fourth-order valence-electron chi connectivity index (χ4n) is 3.46. The van der Waals surface area contributed by atoms with Crippen molar-refractivity contribution in [2.75, 3.05) is 51.4 Å². The second kappa shape index (κ2) is 6.77. The molecule has 0 spiro atoms. The summed E-state index contributed by atoms with van der Waals surface area (Å²) in [6.45, 7) is 6.11. The molecule has 124 valence electrons. The van der Waals surface area contributed by atoms with Crippen molar-refractivity contribution in [1.82, 2.24) is 24.8 Å². The molecule has 2 atom stereocenters. The Morgan fingerprint density at radius 2 is 2.13 bits per heavy atom. The smallest absolute Gasteiger partial charge is 0.182 e. The summed E-state index contributed by atoms with van der Waals surface area (Å²) in [7, 11) is 0. The molecule has 0 bridgehead atoms. The van der Waals surface area contributed by atoms with Gasteiger partial charge in [0.15, 0.2) is 11.5 Å². The highest BCUT2D eigenvalue weighted by Gasteiger charge is 2.31. The first-order valence-corrected chi connectivity index (χ1v) is 8.19. The van der Waals surface area contributed by atoms with Gasteiger partial charge in [-0.1, -0.05) is 0 Å². The highest BCUT2D eigenvalue weighted by atomic mass is 16.5. The first-order valence-electron chi connectivity index (χ1n) is 8.19. The molecule has 0 saturated carbocycles. The van der Waals surface area contributed by atoms with E-state index in [9.17, 15) is 0 Å². The van der Waals surface area contributed by atoms with Crippen LogP contribution in [0.15, 0.2) is 12.7 Å². The number of imidazole rings is 1. The lowest BCUT2D eigenvalue weighted by Crippen LogP contribution is -2.50. The van der Waals surface area contributed by atoms with Crippen molar-refractivity contribution >= 4 is 17.0 Å². The molecule has 2 N–H and O–H groups in total. The van der Waals surface area contributed by atoms with Crippen LogP contribution in [0.4, 0.5) is 5.82 Å². The van der Waals surface area contributed by atoms with Crippen LogP contribution in [-0.2, 0) is 9.47 Å². The number of rotatable bonds is 5. The zero-order valence-corrected chi connectivity index (χ0v) is 13.1. The normalized spacial score (nSPS) is 24.1. The van der Waals surface area contributed by atoms with Crippen LogP contribution >= 0.6 is 0 Å². The Morgan fingerprint density at radius 3 is 2.96 bits per heavy atom. The van der Waals surface area contributed by atoms with Crippen LogP contribution in [0, 0.1) is 5.92 Å². The van der Waals surface area contributed by atoms with E-state index in [1.807, 2.05) is 0 Å².